The lowest BCUT2D eigenvalue weighted by Crippen LogP contribution is -2.41. The van der Waals surface area contributed by atoms with Gasteiger partial charge in [-0.05, 0) is 48.6 Å². The summed E-state index contributed by atoms with van der Waals surface area (Å²) in [6, 6.07) is 15.9. The van der Waals surface area contributed by atoms with Gasteiger partial charge in [0.05, 0.1) is 10.2 Å². The highest BCUT2D eigenvalue weighted by molar-refractivity contribution is 7.80. The number of para-hydroxylation sites is 1. The molecule has 0 radical (unpaired) electrons. The molecule has 2 N–H and O–H groups in total. The van der Waals surface area contributed by atoms with E-state index in [4.69, 9.17) is 12.2 Å². The summed E-state index contributed by atoms with van der Waals surface area (Å²) in [7, 11) is 0. The molecular formula is C19H19N3OS2. The largest absolute Gasteiger partial charge is 0.332 e. The minimum atomic E-state index is -0.484. The Labute approximate surface area is 156 Å². The first-order valence-electron chi connectivity index (χ1n) is 7.91. The minimum absolute atomic E-state index is 0.115. The first kappa shape index (κ1) is 17.5. The maximum absolute atomic E-state index is 11.9. The summed E-state index contributed by atoms with van der Waals surface area (Å²) < 4.78 is 1.17. The fourth-order valence-corrected chi connectivity index (χ4v) is 3.33. The SMILES string of the molecule is CC(C)(C)C(=O)NC(=S)Nc1ccc(-c2nc3ccccc3s2)cc1. The van der Waals surface area contributed by atoms with Crippen LogP contribution in [0.5, 0.6) is 0 Å². The topological polar surface area (TPSA) is 54.0 Å². The van der Waals surface area contributed by atoms with Gasteiger partial charge in [-0.3, -0.25) is 4.79 Å². The lowest BCUT2D eigenvalue weighted by Gasteiger charge is -2.18. The van der Waals surface area contributed by atoms with Crippen molar-refractivity contribution in [3.63, 3.8) is 0 Å². The van der Waals surface area contributed by atoms with Crippen LogP contribution in [-0.4, -0.2) is 16.0 Å². The number of amides is 1. The summed E-state index contributed by atoms with van der Waals surface area (Å²) >= 11 is 6.86. The van der Waals surface area contributed by atoms with Crippen LogP contribution in [0.1, 0.15) is 20.8 Å². The highest BCUT2D eigenvalue weighted by Gasteiger charge is 2.21. The van der Waals surface area contributed by atoms with Crippen molar-refractivity contribution < 1.29 is 4.79 Å². The van der Waals surface area contributed by atoms with Crippen molar-refractivity contribution in [2.75, 3.05) is 5.32 Å². The lowest BCUT2D eigenvalue weighted by molar-refractivity contribution is -0.126. The summed E-state index contributed by atoms with van der Waals surface area (Å²) in [6.45, 7) is 5.53. The molecule has 0 saturated heterocycles. The normalized spacial score (nSPS) is 11.3. The second-order valence-corrected chi connectivity index (χ2v) is 8.16. The number of thiocarbonyl (C=S) groups is 1. The molecule has 0 atom stereocenters. The molecule has 3 aromatic rings. The molecular weight excluding hydrogens is 350 g/mol. The van der Waals surface area contributed by atoms with Crippen LogP contribution in [0.4, 0.5) is 5.69 Å². The van der Waals surface area contributed by atoms with Gasteiger partial charge < -0.3 is 10.6 Å². The Kier molecular flexibility index (Phi) is 4.83. The second-order valence-electron chi connectivity index (χ2n) is 6.72. The molecule has 25 heavy (non-hydrogen) atoms. The first-order chi connectivity index (χ1) is 11.8. The number of aromatic nitrogens is 1. The lowest BCUT2D eigenvalue weighted by atomic mass is 9.96. The third kappa shape index (κ3) is 4.21. The molecule has 6 heteroatoms. The second kappa shape index (κ2) is 6.90. The maximum atomic E-state index is 11.9. The van der Waals surface area contributed by atoms with Crippen LogP contribution in [-0.2, 0) is 4.79 Å². The standard InChI is InChI=1S/C19H19N3OS2/c1-19(2,3)17(23)22-18(24)20-13-10-8-12(9-11-13)16-21-14-6-4-5-7-15(14)25-16/h4-11H,1-3H3,(H2,20,22,23,24). The number of fused-ring (bicyclic) bond motifs is 1. The number of anilines is 1. The average molecular weight is 370 g/mol. The maximum Gasteiger partial charge on any atom is 0.231 e. The Morgan fingerprint density at radius 1 is 1.08 bits per heavy atom. The molecule has 2 aromatic carbocycles. The summed E-state index contributed by atoms with van der Waals surface area (Å²) in [4.78, 5) is 16.6. The molecule has 3 rings (SSSR count). The van der Waals surface area contributed by atoms with Crippen LogP contribution >= 0.6 is 23.6 Å². The zero-order valence-electron chi connectivity index (χ0n) is 14.3. The zero-order valence-corrected chi connectivity index (χ0v) is 15.9. The number of hydrogen-bond donors (Lipinski definition) is 2. The predicted molar refractivity (Wildman–Crippen MR) is 109 cm³/mol. The van der Waals surface area contributed by atoms with E-state index in [1.165, 1.54) is 4.70 Å². The van der Waals surface area contributed by atoms with Crippen LogP contribution in [0.15, 0.2) is 48.5 Å². The van der Waals surface area contributed by atoms with Gasteiger partial charge in [-0.2, -0.15) is 0 Å². The molecule has 1 aromatic heterocycles. The fourth-order valence-electron chi connectivity index (χ4n) is 2.14. The molecule has 1 amide bonds. The monoisotopic (exact) mass is 369 g/mol. The van der Waals surface area contributed by atoms with E-state index in [1.807, 2.05) is 63.2 Å². The predicted octanol–water partition coefficient (Wildman–Crippen LogP) is 4.82. The van der Waals surface area contributed by atoms with Crippen molar-refractivity contribution in [2.24, 2.45) is 5.41 Å². The molecule has 0 saturated carbocycles. The van der Waals surface area contributed by atoms with E-state index >= 15 is 0 Å². The average Bonchev–Trinajstić information content (AvgIpc) is 2.98. The van der Waals surface area contributed by atoms with Gasteiger partial charge in [0.1, 0.15) is 5.01 Å². The minimum Gasteiger partial charge on any atom is -0.332 e. The van der Waals surface area contributed by atoms with Crippen LogP contribution in [0.3, 0.4) is 0 Å². The molecule has 128 valence electrons. The number of carbonyl (C=O) groups excluding carboxylic acids is 1. The summed E-state index contributed by atoms with van der Waals surface area (Å²) in [5.74, 6) is -0.115. The van der Waals surface area contributed by atoms with Gasteiger partial charge >= 0.3 is 0 Å². The van der Waals surface area contributed by atoms with Gasteiger partial charge in [0.15, 0.2) is 5.11 Å². The summed E-state index contributed by atoms with van der Waals surface area (Å²) in [5.41, 5.74) is 2.40. The smallest absolute Gasteiger partial charge is 0.231 e. The van der Waals surface area contributed by atoms with Crippen molar-refractivity contribution in [1.82, 2.24) is 10.3 Å². The highest BCUT2D eigenvalue weighted by Crippen LogP contribution is 2.30. The van der Waals surface area contributed by atoms with Gasteiger partial charge in [0, 0.05) is 16.7 Å². The van der Waals surface area contributed by atoms with Crippen molar-refractivity contribution in [3.8, 4) is 10.6 Å². The van der Waals surface area contributed by atoms with Crippen molar-refractivity contribution >= 4 is 50.5 Å². The number of nitrogens with zero attached hydrogens (tertiary/aromatic N) is 1. The molecule has 0 unspecified atom stereocenters. The van der Waals surface area contributed by atoms with Crippen LogP contribution < -0.4 is 10.6 Å². The van der Waals surface area contributed by atoms with Gasteiger partial charge in [0.25, 0.3) is 0 Å². The van der Waals surface area contributed by atoms with Crippen LogP contribution in [0.2, 0.25) is 0 Å². The van der Waals surface area contributed by atoms with E-state index in [9.17, 15) is 4.79 Å². The molecule has 0 aliphatic carbocycles. The van der Waals surface area contributed by atoms with Gasteiger partial charge in [0.2, 0.25) is 5.91 Å². The Morgan fingerprint density at radius 3 is 2.40 bits per heavy atom. The van der Waals surface area contributed by atoms with Crippen LogP contribution in [0, 0.1) is 5.41 Å². The van der Waals surface area contributed by atoms with Crippen molar-refractivity contribution in [3.05, 3.63) is 48.5 Å². The van der Waals surface area contributed by atoms with Gasteiger partial charge in [-0.1, -0.05) is 32.9 Å². The van der Waals surface area contributed by atoms with E-state index < -0.39 is 5.41 Å². The third-order valence-electron chi connectivity index (χ3n) is 3.59. The molecule has 0 spiro atoms. The van der Waals surface area contributed by atoms with Crippen molar-refractivity contribution in [2.45, 2.75) is 20.8 Å². The van der Waals surface area contributed by atoms with E-state index in [2.05, 4.69) is 21.7 Å². The van der Waals surface area contributed by atoms with Crippen molar-refractivity contribution in [1.29, 1.82) is 0 Å². The van der Waals surface area contributed by atoms with E-state index in [0.717, 1.165) is 21.8 Å². The van der Waals surface area contributed by atoms with E-state index in [0.29, 0.717) is 5.11 Å². The number of hydrogen-bond acceptors (Lipinski definition) is 4. The van der Waals surface area contributed by atoms with Gasteiger partial charge in [-0.15, -0.1) is 11.3 Å². The first-order valence-corrected chi connectivity index (χ1v) is 9.14. The van der Waals surface area contributed by atoms with E-state index in [1.54, 1.807) is 11.3 Å². The number of thiazole rings is 1. The molecule has 1 heterocycles. The molecule has 4 nitrogen and oxygen atoms in total. The third-order valence-corrected chi connectivity index (χ3v) is 4.88. The molecule has 0 fully saturated rings. The number of rotatable bonds is 2. The van der Waals surface area contributed by atoms with Gasteiger partial charge in [-0.25, -0.2) is 4.98 Å². The van der Waals surface area contributed by atoms with E-state index in [-0.39, 0.29) is 5.91 Å². The molecule has 0 aliphatic heterocycles. The Bertz CT molecular complexity index is 891. The Balaban J connectivity index is 1.70. The number of nitrogens with one attached hydrogen (secondary N) is 2. The molecule has 0 aliphatic rings. The highest BCUT2D eigenvalue weighted by atomic mass is 32.1. The Hall–Kier alpha value is -2.31. The zero-order chi connectivity index (χ0) is 18.0. The quantitative estimate of drug-likeness (QED) is 0.636. The summed E-state index contributed by atoms with van der Waals surface area (Å²) in [6.07, 6.45) is 0. The number of benzene rings is 2. The summed E-state index contributed by atoms with van der Waals surface area (Å²) in [5, 5.41) is 7.02. The number of carbonyl (C=O) groups is 1. The fraction of sp³-hybridized carbons (Fsp3) is 0.211. The van der Waals surface area contributed by atoms with Crippen LogP contribution in [0.25, 0.3) is 20.8 Å². The Morgan fingerprint density at radius 2 is 1.76 bits per heavy atom. The molecule has 0 bridgehead atoms.